The number of aromatic nitrogens is 2. The van der Waals surface area contributed by atoms with E-state index in [9.17, 15) is 9.18 Å². The number of carbonyl (C=O) groups is 1. The lowest BCUT2D eigenvalue weighted by Crippen LogP contribution is -2.49. The molecule has 0 unspecified atom stereocenters. The van der Waals surface area contributed by atoms with E-state index < -0.39 is 0 Å². The molecule has 0 atom stereocenters. The highest BCUT2D eigenvalue weighted by atomic mass is 19.1. The van der Waals surface area contributed by atoms with Crippen molar-refractivity contribution in [2.75, 3.05) is 26.2 Å². The van der Waals surface area contributed by atoms with Crippen LogP contribution in [-0.2, 0) is 0 Å². The zero-order valence-electron chi connectivity index (χ0n) is 13.8. The molecule has 1 aromatic heterocycles. The molecule has 6 nitrogen and oxygen atoms in total. The highest BCUT2D eigenvalue weighted by Gasteiger charge is 2.32. The molecule has 0 bridgehead atoms. The normalized spacial score (nSPS) is 18.2. The quantitative estimate of drug-likeness (QED) is 0.853. The maximum Gasteiger partial charge on any atom is 0.274 e. The molecule has 2 fully saturated rings. The Morgan fingerprint density at radius 1 is 1.04 bits per heavy atom. The van der Waals surface area contributed by atoms with Gasteiger partial charge in [0.1, 0.15) is 17.3 Å². The van der Waals surface area contributed by atoms with Crippen molar-refractivity contribution in [1.82, 2.24) is 19.8 Å². The van der Waals surface area contributed by atoms with Gasteiger partial charge in [-0.25, -0.2) is 14.4 Å². The summed E-state index contributed by atoms with van der Waals surface area (Å²) in [4.78, 5) is 25.1. The van der Waals surface area contributed by atoms with Gasteiger partial charge in [0.25, 0.3) is 5.91 Å². The van der Waals surface area contributed by atoms with Crippen LogP contribution in [0.3, 0.4) is 0 Å². The second-order valence-electron chi connectivity index (χ2n) is 6.36. The van der Waals surface area contributed by atoms with Gasteiger partial charge in [-0.2, -0.15) is 0 Å². The molecule has 7 heteroatoms. The molecule has 1 amide bonds. The van der Waals surface area contributed by atoms with Gasteiger partial charge < -0.3 is 9.64 Å². The van der Waals surface area contributed by atoms with Crippen molar-refractivity contribution in [3.05, 3.63) is 48.2 Å². The molecule has 0 spiro atoms. The van der Waals surface area contributed by atoms with Crippen molar-refractivity contribution in [3.8, 4) is 11.6 Å². The zero-order chi connectivity index (χ0) is 17.2. The first-order valence-corrected chi connectivity index (χ1v) is 8.48. The topological polar surface area (TPSA) is 58.6 Å². The third-order valence-corrected chi connectivity index (χ3v) is 4.55. The predicted molar refractivity (Wildman–Crippen MR) is 89.0 cm³/mol. The van der Waals surface area contributed by atoms with Gasteiger partial charge in [0.05, 0.1) is 12.4 Å². The minimum Gasteiger partial charge on any atom is -0.438 e. The van der Waals surface area contributed by atoms with Crippen LogP contribution >= 0.6 is 0 Å². The molecular weight excluding hydrogens is 323 g/mol. The maximum atomic E-state index is 12.9. The Morgan fingerprint density at radius 2 is 1.76 bits per heavy atom. The molecule has 2 aliphatic rings. The first-order valence-electron chi connectivity index (χ1n) is 8.48. The summed E-state index contributed by atoms with van der Waals surface area (Å²) in [5, 5.41) is 0. The number of ether oxygens (including phenoxy) is 1. The molecule has 0 radical (unpaired) electrons. The minimum absolute atomic E-state index is 0.101. The predicted octanol–water partition coefficient (Wildman–Crippen LogP) is 2.33. The second-order valence-corrected chi connectivity index (χ2v) is 6.36. The average molecular weight is 342 g/mol. The summed E-state index contributed by atoms with van der Waals surface area (Å²) < 4.78 is 18.4. The number of amides is 1. The van der Waals surface area contributed by atoms with E-state index in [-0.39, 0.29) is 17.6 Å². The summed E-state index contributed by atoms with van der Waals surface area (Å²) in [7, 11) is 0. The standard InChI is InChI=1S/C18H19FN4O2/c19-13-1-5-15(6-2-13)25-17-12-20-16(11-21-17)18(24)23-9-7-22(8-10-23)14-3-4-14/h1-2,5-6,11-12,14H,3-4,7-10H2. The van der Waals surface area contributed by atoms with E-state index in [1.54, 1.807) is 0 Å². The number of piperazine rings is 1. The van der Waals surface area contributed by atoms with Crippen LogP contribution < -0.4 is 4.74 Å². The van der Waals surface area contributed by atoms with Crippen molar-refractivity contribution in [2.45, 2.75) is 18.9 Å². The number of carbonyl (C=O) groups excluding carboxylic acids is 1. The minimum atomic E-state index is -0.332. The molecule has 25 heavy (non-hydrogen) atoms. The lowest BCUT2D eigenvalue weighted by Gasteiger charge is -2.34. The lowest BCUT2D eigenvalue weighted by atomic mass is 10.2. The number of hydrogen-bond donors (Lipinski definition) is 0. The Labute approximate surface area is 145 Å². The van der Waals surface area contributed by atoms with Crippen LogP contribution in [0.4, 0.5) is 4.39 Å². The monoisotopic (exact) mass is 342 g/mol. The van der Waals surface area contributed by atoms with Crippen molar-refractivity contribution in [3.63, 3.8) is 0 Å². The fourth-order valence-electron chi connectivity index (χ4n) is 2.99. The number of hydrogen-bond acceptors (Lipinski definition) is 5. The van der Waals surface area contributed by atoms with Crippen LogP contribution in [-0.4, -0.2) is 57.9 Å². The number of rotatable bonds is 4. The fourth-order valence-corrected chi connectivity index (χ4v) is 2.99. The van der Waals surface area contributed by atoms with Gasteiger partial charge in [0, 0.05) is 32.2 Å². The van der Waals surface area contributed by atoms with E-state index in [0.717, 1.165) is 32.2 Å². The van der Waals surface area contributed by atoms with E-state index in [1.165, 1.54) is 49.5 Å². The fraction of sp³-hybridized carbons (Fsp3) is 0.389. The van der Waals surface area contributed by atoms with Crippen LogP contribution in [0.5, 0.6) is 11.6 Å². The molecule has 4 rings (SSSR count). The second kappa shape index (κ2) is 6.76. The Hall–Kier alpha value is -2.54. The van der Waals surface area contributed by atoms with Crippen LogP contribution in [0.25, 0.3) is 0 Å². The summed E-state index contributed by atoms with van der Waals surface area (Å²) in [6.07, 6.45) is 5.41. The van der Waals surface area contributed by atoms with E-state index in [0.29, 0.717) is 11.4 Å². The molecule has 2 aromatic rings. The van der Waals surface area contributed by atoms with E-state index in [4.69, 9.17) is 4.74 Å². The highest BCUT2D eigenvalue weighted by molar-refractivity contribution is 5.92. The zero-order valence-corrected chi connectivity index (χ0v) is 13.8. The molecule has 1 saturated carbocycles. The molecule has 0 N–H and O–H groups in total. The van der Waals surface area contributed by atoms with Gasteiger partial charge in [-0.3, -0.25) is 9.69 Å². The first kappa shape index (κ1) is 16.0. The first-order chi connectivity index (χ1) is 12.2. The molecule has 1 aliphatic carbocycles. The van der Waals surface area contributed by atoms with E-state index in [2.05, 4.69) is 14.9 Å². The lowest BCUT2D eigenvalue weighted by molar-refractivity contribution is 0.0621. The average Bonchev–Trinajstić information content (AvgIpc) is 3.49. The smallest absolute Gasteiger partial charge is 0.274 e. The summed E-state index contributed by atoms with van der Waals surface area (Å²) >= 11 is 0. The Kier molecular flexibility index (Phi) is 4.31. The summed E-state index contributed by atoms with van der Waals surface area (Å²) in [5.74, 6) is 0.296. The number of benzene rings is 1. The van der Waals surface area contributed by atoms with Gasteiger partial charge >= 0.3 is 0 Å². The number of halogens is 1. The summed E-state index contributed by atoms with van der Waals surface area (Å²) in [6, 6.07) is 6.37. The van der Waals surface area contributed by atoms with Gasteiger partial charge in [-0.15, -0.1) is 0 Å². The van der Waals surface area contributed by atoms with Crippen LogP contribution in [0.1, 0.15) is 23.3 Å². The molecular formula is C18H19FN4O2. The van der Waals surface area contributed by atoms with Gasteiger partial charge in [0.2, 0.25) is 5.88 Å². The van der Waals surface area contributed by atoms with Crippen molar-refractivity contribution in [1.29, 1.82) is 0 Å². The van der Waals surface area contributed by atoms with Gasteiger partial charge in [-0.05, 0) is 37.1 Å². The van der Waals surface area contributed by atoms with Crippen molar-refractivity contribution < 1.29 is 13.9 Å². The third-order valence-electron chi connectivity index (χ3n) is 4.55. The van der Waals surface area contributed by atoms with Gasteiger partial charge in [0.15, 0.2) is 0 Å². The van der Waals surface area contributed by atoms with Crippen molar-refractivity contribution >= 4 is 5.91 Å². The maximum absolute atomic E-state index is 12.9. The molecule has 2 heterocycles. The van der Waals surface area contributed by atoms with E-state index >= 15 is 0 Å². The number of nitrogens with zero attached hydrogens (tertiary/aromatic N) is 4. The largest absolute Gasteiger partial charge is 0.438 e. The molecule has 130 valence electrons. The Bertz CT molecular complexity index is 739. The Balaban J connectivity index is 1.36. The SMILES string of the molecule is O=C(c1cnc(Oc2ccc(F)cc2)cn1)N1CCN(C2CC2)CC1. The summed E-state index contributed by atoms with van der Waals surface area (Å²) in [5.41, 5.74) is 0.311. The molecule has 1 saturated heterocycles. The third kappa shape index (κ3) is 3.76. The van der Waals surface area contributed by atoms with Crippen LogP contribution in [0.15, 0.2) is 36.7 Å². The van der Waals surface area contributed by atoms with E-state index in [1.807, 2.05) is 4.90 Å². The Morgan fingerprint density at radius 3 is 2.36 bits per heavy atom. The molecule has 1 aliphatic heterocycles. The van der Waals surface area contributed by atoms with Crippen LogP contribution in [0.2, 0.25) is 0 Å². The summed E-state index contributed by atoms with van der Waals surface area (Å²) in [6.45, 7) is 3.31. The molecule has 1 aromatic carbocycles. The van der Waals surface area contributed by atoms with Crippen molar-refractivity contribution in [2.24, 2.45) is 0 Å². The highest BCUT2D eigenvalue weighted by Crippen LogP contribution is 2.27. The van der Waals surface area contributed by atoms with Gasteiger partial charge in [-0.1, -0.05) is 0 Å². The van der Waals surface area contributed by atoms with Crippen LogP contribution in [0, 0.1) is 5.82 Å².